The third-order valence-electron chi connectivity index (χ3n) is 5.56. The Balaban J connectivity index is 1.33. The fourth-order valence-electron chi connectivity index (χ4n) is 3.95. The quantitative estimate of drug-likeness (QED) is 0.631. The lowest BCUT2D eigenvalue weighted by Gasteiger charge is -2.36. The Morgan fingerprint density at radius 3 is 2.40 bits per heavy atom. The maximum Gasteiger partial charge on any atom is 0.241 e. The van der Waals surface area contributed by atoms with Gasteiger partial charge in [-0.25, -0.2) is 13.1 Å². The third-order valence-corrected chi connectivity index (χ3v) is 7.08. The zero-order valence-corrected chi connectivity index (χ0v) is 17.9. The maximum atomic E-state index is 12.8. The maximum absolute atomic E-state index is 12.8. The van der Waals surface area contributed by atoms with Crippen LogP contribution in [0.5, 0.6) is 5.75 Å². The van der Waals surface area contributed by atoms with Crippen LogP contribution in [0.15, 0.2) is 71.6 Å². The molecule has 0 atom stereocenters. The van der Waals surface area contributed by atoms with Crippen molar-refractivity contribution in [2.75, 3.05) is 51.3 Å². The van der Waals surface area contributed by atoms with Gasteiger partial charge >= 0.3 is 0 Å². The molecule has 0 saturated carbocycles. The van der Waals surface area contributed by atoms with Crippen molar-refractivity contribution >= 4 is 26.5 Å². The molecule has 0 aromatic heterocycles. The average Bonchev–Trinajstić information content (AvgIpc) is 2.79. The summed E-state index contributed by atoms with van der Waals surface area (Å²) in [6.07, 6.45) is 0. The van der Waals surface area contributed by atoms with Crippen molar-refractivity contribution in [2.24, 2.45) is 0 Å². The number of sulfonamides is 1. The number of rotatable bonds is 7. The number of hydrogen-bond donors (Lipinski definition) is 1. The monoisotopic (exact) mass is 425 g/mol. The minimum atomic E-state index is -3.55. The van der Waals surface area contributed by atoms with Crippen LogP contribution in [0.3, 0.4) is 0 Å². The van der Waals surface area contributed by atoms with Crippen LogP contribution in [0.25, 0.3) is 10.8 Å². The number of nitrogens with one attached hydrogen (secondary N) is 1. The fraction of sp³-hybridized carbons (Fsp3) is 0.304. The molecule has 1 aliphatic heterocycles. The molecule has 3 aromatic rings. The summed E-state index contributed by atoms with van der Waals surface area (Å²) in [7, 11) is -1.86. The van der Waals surface area contributed by atoms with Gasteiger partial charge in [-0.2, -0.15) is 0 Å². The van der Waals surface area contributed by atoms with Gasteiger partial charge in [-0.15, -0.1) is 0 Å². The number of fused-ring (bicyclic) bond motifs is 1. The summed E-state index contributed by atoms with van der Waals surface area (Å²) in [5, 5.41) is 1.67. The molecule has 0 spiro atoms. The predicted molar refractivity (Wildman–Crippen MR) is 121 cm³/mol. The molecule has 0 radical (unpaired) electrons. The minimum absolute atomic E-state index is 0.335. The first-order valence-electron chi connectivity index (χ1n) is 10.2. The summed E-state index contributed by atoms with van der Waals surface area (Å²) < 4.78 is 33.9. The number of anilines is 1. The van der Waals surface area contributed by atoms with Gasteiger partial charge in [-0.05, 0) is 23.6 Å². The molecule has 1 N–H and O–H groups in total. The van der Waals surface area contributed by atoms with Gasteiger partial charge in [0.25, 0.3) is 0 Å². The lowest BCUT2D eigenvalue weighted by Crippen LogP contribution is -2.48. The largest absolute Gasteiger partial charge is 0.495 e. The molecule has 0 amide bonds. The van der Waals surface area contributed by atoms with E-state index in [1.165, 1.54) is 0 Å². The molecule has 30 heavy (non-hydrogen) atoms. The molecule has 1 heterocycles. The Bertz CT molecular complexity index is 1100. The highest BCUT2D eigenvalue weighted by molar-refractivity contribution is 7.89. The van der Waals surface area contributed by atoms with Crippen LogP contribution < -0.4 is 14.4 Å². The fourth-order valence-corrected chi connectivity index (χ4v) is 5.20. The molecular formula is C23H27N3O3S. The van der Waals surface area contributed by atoms with Crippen LogP contribution in [0.2, 0.25) is 0 Å². The van der Waals surface area contributed by atoms with Crippen molar-refractivity contribution < 1.29 is 13.2 Å². The highest BCUT2D eigenvalue weighted by Gasteiger charge is 2.21. The van der Waals surface area contributed by atoms with Crippen molar-refractivity contribution in [2.45, 2.75) is 4.90 Å². The second-order valence-corrected chi connectivity index (χ2v) is 9.11. The van der Waals surface area contributed by atoms with E-state index in [0.717, 1.165) is 48.4 Å². The second kappa shape index (κ2) is 9.04. The van der Waals surface area contributed by atoms with Crippen LogP contribution in [0, 0.1) is 0 Å². The van der Waals surface area contributed by atoms with Crippen molar-refractivity contribution in [1.29, 1.82) is 0 Å². The summed E-state index contributed by atoms with van der Waals surface area (Å²) >= 11 is 0. The van der Waals surface area contributed by atoms with Gasteiger partial charge < -0.3 is 9.64 Å². The SMILES string of the molecule is COc1ccccc1N1CCN(CCNS(=O)(=O)c2cccc3ccccc23)CC1. The van der Waals surface area contributed by atoms with E-state index in [9.17, 15) is 8.42 Å². The van der Waals surface area contributed by atoms with Crippen molar-refractivity contribution in [3.8, 4) is 5.75 Å². The van der Waals surface area contributed by atoms with Crippen molar-refractivity contribution in [3.63, 3.8) is 0 Å². The molecule has 0 aliphatic carbocycles. The predicted octanol–water partition coefficient (Wildman–Crippen LogP) is 2.95. The van der Waals surface area contributed by atoms with Gasteiger partial charge in [0.1, 0.15) is 5.75 Å². The van der Waals surface area contributed by atoms with Crippen LogP contribution in [-0.4, -0.2) is 59.7 Å². The second-order valence-electron chi connectivity index (χ2n) is 7.38. The van der Waals surface area contributed by atoms with E-state index in [2.05, 4.69) is 20.6 Å². The van der Waals surface area contributed by atoms with E-state index in [1.807, 2.05) is 48.5 Å². The molecule has 1 fully saturated rings. The standard InChI is InChI=1S/C23H27N3O3S/c1-29-22-11-5-4-10-21(22)26-17-15-25(16-18-26)14-13-24-30(27,28)23-12-6-8-19-7-2-3-9-20(19)23/h2-12,24H,13-18H2,1H3. The molecule has 1 aliphatic rings. The van der Waals surface area contributed by atoms with E-state index in [4.69, 9.17) is 4.74 Å². The third kappa shape index (κ3) is 4.43. The number of hydrogen-bond acceptors (Lipinski definition) is 5. The smallest absolute Gasteiger partial charge is 0.241 e. The van der Waals surface area contributed by atoms with Crippen molar-refractivity contribution in [1.82, 2.24) is 9.62 Å². The van der Waals surface area contributed by atoms with Gasteiger partial charge in [-0.3, -0.25) is 4.90 Å². The molecule has 4 rings (SSSR count). The normalized spacial score (nSPS) is 15.4. The van der Waals surface area contributed by atoms with Gasteiger partial charge in [0.15, 0.2) is 0 Å². The lowest BCUT2D eigenvalue weighted by atomic mass is 10.1. The zero-order valence-electron chi connectivity index (χ0n) is 17.1. The number of nitrogens with zero attached hydrogens (tertiary/aromatic N) is 2. The number of piperazine rings is 1. The number of para-hydroxylation sites is 2. The van der Waals surface area contributed by atoms with E-state index >= 15 is 0 Å². The molecule has 7 heteroatoms. The molecular weight excluding hydrogens is 398 g/mol. The van der Waals surface area contributed by atoms with Crippen molar-refractivity contribution in [3.05, 3.63) is 66.7 Å². The Morgan fingerprint density at radius 1 is 0.900 bits per heavy atom. The number of ether oxygens (including phenoxy) is 1. The lowest BCUT2D eigenvalue weighted by molar-refractivity contribution is 0.261. The topological polar surface area (TPSA) is 61.9 Å². The summed E-state index contributed by atoms with van der Waals surface area (Å²) in [6.45, 7) is 4.61. The molecule has 3 aromatic carbocycles. The van der Waals surface area contributed by atoms with Crippen LogP contribution in [0.4, 0.5) is 5.69 Å². The summed E-state index contributed by atoms with van der Waals surface area (Å²) in [6, 6.07) is 21.0. The Hall–Kier alpha value is -2.61. The van der Waals surface area contributed by atoms with Crippen LogP contribution in [0.1, 0.15) is 0 Å². The first kappa shape index (κ1) is 20.7. The Labute approximate surface area is 178 Å². The minimum Gasteiger partial charge on any atom is -0.495 e. The zero-order chi connectivity index (χ0) is 21.0. The van der Waals surface area contributed by atoms with Crippen LogP contribution in [-0.2, 0) is 10.0 Å². The molecule has 0 bridgehead atoms. The average molecular weight is 426 g/mol. The summed E-state index contributed by atoms with van der Waals surface area (Å²) in [4.78, 5) is 4.94. The molecule has 0 unspecified atom stereocenters. The van der Waals surface area contributed by atoms with Gasteiger partial charge in [0, 0.05) is 44.7 Å². The van der Waals surface area contributed by atoms with E-state index < -0.39 is 10.0 Å². The van der Waals surface area contributed by atoms with E-state index in [-0.39, 0.29) is 0 Å². The van der Waals surface area contributed by atoms with Gasteiger partial charge in [-0.1, -0.05) is 48.5 Å². The highest BCUT2D eigenvalue weighted by Crippen LogP contribution is 2.28. The van der Waals surface area contributed by atoms with Gasteiger partial charge in [0.05, 0.1) is 17.7 Å². The molecule has 6 nitrogen and oxygen atoms in total. The van der Waals surface area contributed by atoms with E-state index in [1.54, 1.807) is 19.2 Å². The Kier molecular flexibility index (Phi) is 6.22. The number of benzene rings is 3. The van der Waals surface area contributed by atoms with Crippen LogP contribution >= 0.6 is 0 Å². The first-order valence-corrected chi connectivity index (χ1v) is 11.6. The highest BCUT2D eigenvalue weighted by atomic mass is 32.2. The van der Waals surface area contributed by atoms with Gasteiger partial charge in [0.2, 0.25) is 10.0 Å². The summed E-state index contributed by atoms with van der Waals surface area (Å²) in [5.74, 6) is 0.883. The van der Waals surface area contributed by atoms with E-state index in [0.29, 0.717) is 18.0 Å². The Morgan fingerprint density at radius 2 is 1.60 bits per heavy atom. The molecule has 158 valence electrons. The summed E-state index contributed by atoms with van der Waals surface area (Å²) in [5.41, 5.74) is 1.11. The molecule has 1 saturated heterocycles. The number of methoxy groups -OCH3 is 1. The first-order chi connectivity index (χ1) is 14.6.